The van der Waals surface area contributed by atoms with Gasteiger partial charge in [0.2, 0.25) is 5.88 Å². The molecule has 0 unspecified atom stereocenters. The highest BCUT2D eigenvalue weighted by atomic mass is 16.5. The van der Waals surface area contributed by atoms with Crippen LogP contribution < -0.4 is 9.47 Å². The van der Waals surface area contributed by atoms with Crippen molar-refractivity contribution in [2.45, 2.75) is 6.54 Å². The molecule has 0 bridgehead atoms. The summed E-state index contributed by atoms with van der Waals surface area (Å²) in [4.78, 5) is 11.4. The predicted octanol–water partition coefficient (Wildman–Crippen LogP) is 2.34. The highest BCUT2D eigenvalue weighted by Gasteiger charge is 2.15. The minimum absolute atomic E-state index is 0.127. The van der Waals surface area contributed by atoms with Crippen LogP contribution in [0.2, 0.25) is 0 Å². The molecule has 5 heterocycles. The standard InChI is InChI=1S/C23H26N6O4/c1-31-21-11-16(12-24-22(21)32-2)19-4-3-18-20(26-19)15-29(23(18)30)17-13-25-28(14-17)6-5-27-7-9-33-10-8-27/h3-4,11-15,30H,5-10H2,1-2H3. The summed E-state index contributed by atoms with van der Waals surface area (Å²) in [7, 11) is 3.12. The minimum Gasteiger partial charge on any atom is -0.494 e. The molecule has 1 aliphatic heterocycles. The third-order valence-electron chi connectivity index (χ3n) is 5.82. The van der Waals surface area contributed by atoms with Gasteiger partial charge in [-0.2, -0.15) is 5.10 Å². The molecule has 0 saturated carbocycles. The van der Waals surface area contributed by atoms with Crippen molar-refractivity contribution in [2.75, 3.05) is 47.1 Å². The molecule has 33 heavy (non-hydrogen) atoms. The summed E-state index contributed by atoms with van der Waals surface area (Å²) >= 11 is 0. The molecule has 4 aromatic heterocycles. The zero-order valence-corrected chi connectivity index (χ0v) is 18.6. The van der Waals surface area contributed by atoms with E-state index in [1.807, 2.05) is 35.3 Å². The van der Waals surface area contributed by atoms with E-state index >= 15 is 0 Å². The second-order valence-electron chi connectivity index (χ2n) is 7.80. The van der Waals surface area contributed by atoms with Gasteiger partial charge in [0, 0.05) is 43.8 Å². The van der Waals surface area contributed by atoms with Crippen molar-refractivity contribution in [1.29, 1.82) is 0 Å². The Balaban J connectivity index is 1.39. The number of ether oxygens (including phenoxy) is 3. The fourth-order valence-corrected chi connectivity index (χ4v) is 3.97. The molecule has 4 aromatic rings. The van der Waals surface area contributed by atoms with Gasteiger partial charge in [-0.05, 0) is 18.2 Å². The van der Waals surface area contributed by atoms with Gasteiger partial charge in [0.15, 0.2) is 5.75 Å². The van der Waals surface area contributed by atoms with Gasteiger partial charge in [0.25, 0.3) is 5.88 Å². The van der Waals surface area contributed by atoms with Crippen LogP contribution in [0.5, 0.6) is 17.5 Å². The van der Waals surface area contributed by atoms with Crippen LogP contribution in [0.15, 0.2) is 43.0 Å². The first-order valence-corrected chi connectivity index (χ1v) is 10.8. The van der Waals surface area contributed by atoms with E-state index in [9.17, 15) is 5.11 Å². The van der Waals surface area contributed by atoms with Crippen molar-refractivity contribution in [3.63, 3.8) is 0 Å². The van der Waals surface area contributed by atoms with Crippen LogP contribution in [0.25, 0.3) is 27.8 Å². The molecule has 1 N–H and O–H groups in total. The maximum Gasteiger partial charge on any atom is 0.256 e. The van der Waals surface area contributed by atoms with Crippen molar-refractivity contribution in [2.24, 2.45) is 0 Å². The number of fused-ring (bicyclic) bond motifs is 1. The van der Waals surface area contributed by atoms with Crippen LogP contribution in [0.1, 0.15) is 0 Å². The molecule has 0 amide bonds. The zero-order chi connectivity index (χ0) is 22.8. The second kappa shape index (κ2) is 9.08. The molecule has 0 aliphatic carbocycles. The zero-order valence-electron chi connectivity index (χ0n) is 18.6. The van der Waals surface area contributed by atoms with E-state index in [1.54, 1.807) is 31.2 Å². The molecule has 0 aromatic carbocycles. The van der Waals surface area contributed by atoms with E-state index in [4.69, 9.17) is 19.2 Å². The number of aromatic nitrogens is 5. The van der Waals surface area contributed by atoms with Crippen molar-refractivity contribution in [3.05, 3.63) is 43.0 Å². The number of methoxy groups -OCH3 is 2. The highest BCUT2D eigenvalue weighted by Crippen LogP contribution is 2.33. The molecular weight excluding hydrogens is 424 g/mol. The number of pyridine rings is 2. The normalized spacial score (nSPS) is 14.6. The quantitative estimate of drug-likeness (QED) is 0.458. The van der Waals surface area contributed by atoms with Crippen molar-refractivity contribution >= 4 is 10.9 Å². The Morgan fingerprint density at radius 2 is 1.91 bits per heavy atom. The van der Waals surface area contributed by atoms with Crippen molar-refractivity contribution < 1.29 is 19.3 Å². The summed E-state index contributed by atoms with van der Waals surface area (Å²) in [5, 5.41) is 15.9. The lowest BCUT2D eigenvalue weighted by Crippen LogP contribution is -2.38. The Kier molecular flexibility index (Phi) is 5.84. The summed E-state index contributed by atoms with van der Waals surface area (Å²) in [6, 6.07) is 5.53. The molecule has 10 nitrogen and oxygen atoms in total. The topological polar surface area (TPSA) is 99.7 Å². The lowest BCUT2D eigenvalue weighted by Gasteiger charge is -2.26. The van der Waals surface area contributed by atoms with Gasteiger partial charge in [0.05, 0.1) is 62.5 Å². The Bertz CT molecular complexity index is 1260. The van der Waals surface area contributed by atoms with Gasteiger partial charge in [0.1, 0.15) is 0 Å². The van der Waals surface area contributed by atoms with Gasteiger partial charge in [-0.25, -0.2) is 9.97 Å². The Labute approximate surface area is 191 Å². The summed E-state index contributed by atoms with van der Waals surface area (Å²) in [5.41, 5.74) is 2.95. The number of morpholine rings is 1. The Morgan fingerprint density at radius 3 is 2.70 bits per heavy atom. The molecule has 1 saturated heterocycles. The van der Waals surface area contributed by atoms with Crippen LogP contribution >= 0.6 is 0 Å². The first kappa shape index (κ1) is 21.2. The van der Waals surface area contributed by atoms with Crippen molar-refractivity contribution in [1.82, 2.24) is 29.2 Å². The molecule has 1 aliphatic rings. The fourth-order valence-electron chi connectivity index (χ4n) is 3.97. The third kappa shape index (κ3) is 4.22. The maximum atomic E-state index is 10.8. The Hall–Kier alpha value is -3.63. The first-order chi connectivity index (χ1) is 16.2. The smallest absolute Gasteiger partial charge is 0.256 e. The summed E-state index contributed by atoms with van der Waals surface area (Å²) in [5.74, 6) is 1.07. The van der Waals surface area contributed by atoms with E-state index in [0.29, 0.717) is 28.2 Å². The third-order valence-corrected chi connectivity index (χ3v) is 5.82. The van der Waals surface area contributed by atoms with E-state index in [0.717, 1.165) is 50.6 Å². The molecule has 172 valence electrons. The van der Waals surface area contributed by atoms with Crippen LogP contribution in [0.3, 0.4) is 0 Å². The lowest BCUT2D eigenvalue weighted by molar-refractivity contribution is 0.0360. The maximum absolute atomic E-state index is 10.8. The van der Waals surface area contributed by atoms with Gasteiger partial charge in [-0.3, -0.25) is 14.1 Å². The molecule has 0 spiro atoms. The molecule has 1 fully saturated rings. The van der Waals surface area contributed by atoms with Crippen LogP contribution in [0, 0.1) is 0 Å². The average molecular weight is 450 g/mol. The van der Waals surface area contributed by atoms with Crippen molar-refractivity contribution in [3.8, 4) is 34.5 Å². The second-order valence-corrected chi connectivity index (χ2v) is 7.80. The number of aromatic hydroxyl groups is 1. The van der Waals surface area contributed by atoms with E-state index in [-0.39, 0.29) is 5.88 Å². The van der Waals surface area contributed by atoms with Crippen LogP contribution in [-0.4, -0.2) is 81.4 Å². The summed E-state index contributed by atoms with van der Waals surface area (Å²) in [6.07, 6.45) is 7.17. The molecular formula is C23H26N6O4. The first-order valence-electron chi connectivity index (χ1n) is 10.8. The molecule has 10 heteroatoms. The van der Waals surface area contributed by atoms with Crippen LogP contribution in [-0.2, 0) is 11.3 Å². The van der Waals surface area contributed by atoms with Gasteiger partial charge in [-0.15, -0.1) is 0 Å². The molecule has 0 atom stereocenters. The largest absolute Gasteiger partial charge is 0.494 e. The SMILES string of the molecule is COc1cc(-c2ccc3c(O)n(-c4cnn(CCN5CCOCC5)c4)cc3n2)cnc1OC. The van der Waals surface area contributed by atoms with E-state index in [1.165, 1.54) is 0 Å². The fraction of sp³-hybridized carbons (Fsp3) is 0.348. The predicted molar refractivity (Wildman–Crippen MR) is 122 cm³/mol. The number of rotatable bonds is 7. The van der Waals surface area contributed by atoms with Gasteiger partial charge >= 0.3 is 0 Å². The average Bonchev–Trinajstić information content (AvgIpc) is 3.47. The monoisotopic (exact) mass is 450 g/mol. The summed E-state index contributed by atoms with van der Waals surface area (Å²) < 4.78 is 19.6. The Morgan fingerprint density at radius 1 is 1.06 bits per heavy atom. The molecule has 5 rings (SSSR count). The number of hydrogen-bond acceptors (Lipinski definition) is 8. The highest BCUT2D eigenvalue weighted by molar-refractivity contribution is 5.87. The van der Waals surface area contributed by atoms with E-state index < -0.39 is 0 Å². The van der Waals surface area contributed by atoms with Crippen LogP contribution in [0.4, 0.5) is 0 Å². The minimum atomic E-state index is 0.127. The lowest BCUT2D eigenvalue weighted by atomic mass is 10.1. The summed E-state index contributed by atoms with van der Waals surface area (Å²) in [6.45, 7) is 5.14. The van der Waals surface area contributed by atoms with Gasteiger partial charge in [-0.1, -0.05) is 0 Å². The molecule has 0 radical (unpaired) electrons. The number of hydrogen-bond donors (Lipinski definition) is 1. The number of nitrogens with zero attached hydrogens (tertiary/aromatic N) is 6. The van der Waals surface area contributed by atoms with E-state index in [2.05, 4.69) is 15.0 Å². The van der Waals surface area contributed by atoms with Gasteiger partial charge < -0.3 is 19.3 Å².